The van der Waals surface area contributed by atoms with Crippen LogP contribution in [0.3, 0.4) is 0 Å². The molecule has 0 saturated heterocycles. The molecule has 1 aliphatic carbocycles. The van der Waals surface area contributed by atoms with Crippen LogP contribution in [0.25, 0.3) is 10.8 Å². The molecule has 1 saturated carbocycles. The van der Waals surface area contributed by atoms with E-state index in [1.54, 1.807) is 0 Å². The second kappa shape index (κ2) is 9.97. The van der Waals surface area contributed by atoms with Crippen molar-refractivity contribution in [1.82, 2.24) is 4.90 Å². The van der Waals surface area contributed by atoms with E-state index >= 15 is 0 Å². The summed E-state index contributed by atoms with van der Waals surface area (Å²) in [4.78, 5) is 17.4. The zero-order valence-corrected chi connectivity index (χ0v) is 18.7. The fourth-order valence-electron chi connectivity index (χ4n) is 4.29. The molecule has 0 spiro atoms. The minimum atomic E-state index is 0.0826. The second-order valence-corrected chi connectivity index (χ2v) is 8.36. The van der Waals surface area contributed by atoms with Gasteiger partial charge in [0, 0.05) is 50.0 Å². The lowest BCUT2D eigenvalue weighted by Crippen LogP contribution is -2.29. The monoisotopic (exact) mass is 415 g/mol. The third-order valence-electron chi connectivity index (χ3n) is 6.22. The number of fused-ring (bicyclic) bond motifs is 1. The summed E-state index contributed by atoms with van der Waals surface area (Å²) in [6, 6.07) is 23.9. The van der Waals surface area contributed by atoms with Crippen LogP contribution >= 0.6 is 0 Å². The van der Waals surface area contributed by atoms with Crippen LogP contribution in [0.4, 0.5) is 11.4 Å². The molecular weight excluding hydrogens is 382 g/mol. The van der Waals surface area contributed by atoms with Crippen LogP contribution in [0.5, 0.6) is 0 Å². The van der Waals surface area contributed by atoms with E-state index in [0.717, 1.165) is 31.9 Å². The van der Waals surface area contributed by atoms with Crippen molar-refractivity contribution in [2.75, 3.05) is 29.9 Å². The van der Waals surface area contributed by atoms with Crippen LogP contribution in [0.15, 0.2) is 66.7 Å². The number of carbonyl (C=O) groups excluding carboxylic acids is 1. The summed E-state index contributed by atoms with van der Waals surface area (Å²) >= 11 is 0. The highest BCUT2D eigenvalue weighted by molar-refractivity contribution is 5.91. The predicted molar refractivity (Wildman–Crippen MR) is 131 cm³/mol. The van der Waals surface area contributed by atoms with Crippen molar-refractivity contribution >= 4 is 28.1 Å². The fraction of sp³-hybridized carbons (Fsp3) is 0.370. The molecule has 0 heterocycles. The Balaban J connectivity index is 1.35. The van der Waals surface area contributed by atoms with Crippen LogP contribution in [-0.4, -0.2) is 36.5 Å². The summed E-state index contributed by atoms with van der Waals surface area (Å²) in [5, 5.41) is 5.66. The first kappa shape index (κ1) is 21.4. The van der Waals surface area contributed by atoms with E-state index in [1.165, 1.54) is 34.9 Å². The Hall–Kier alpha value is -2.85. The number of anilines is 2. The van der Waals surface area contributed by atoms with Crippen LogP contribution in [0.1, 0.15) is 38.7 Å². The highest BCUT2D eigenvalue weighted by Crippen LogP contribution is 2.30. The molecule has 1 fully saturated rings. The number of benzene rings is 3. The summed E-state index contributed by atoms with van der Waals surface area (Å²) in [6.07, 6.45) is 2.98. The molecule has 0 aliphatic heterocycles. The molecule has 4 heteroatoms. The largest absolute Gasteiger partial charge is 0.372 e. The van der Waals surface area contributed by atoms with Crippen molar-refractivity contribution in [3.8, 4) is 0 Å². The number of nitrogens with zero attached hydrogens (tertiary/aromatic N) is 2. The molecule has 0 radical (unpaired) electrons. The number of rotatable bonds is 10. The lowest BCUT2D eigenvalue weighted by atomic mass is 10.0. The average Bonchev–Trinajstić information content (AvgIpc) is 3.64. The number of carbonyl (C=O) groups is 1. The first-order chi connectivity index (χ1) is 15.2. The smallest absolute Gasteiger partial charge is 0.225 e. The van der Waals surface area contributed by atoms with Gasteiger partial charge in [0.15, 0.2) is 0 Å². The highest BCUT2D eigenvalue weighted by atomic mass is 16.1. The zero-order valence-electron chi connectivity index (χ0n) is 18.7. The minimum Gasteiger partial charge on any atom is -0.372 e. The van der Waals surface area contributed by atoms with E-state index in [2.05, 4.69) is 83.6 Å². The van der Waals surface area contributed by atoms with E-state index in [-0.39, 0.29) is 5.91 Å². The van der Waals surface area contributed by atoms with Gasteiger partial charge in [-0.1, -0.05) is 42.5 Å². The van der Waals surface area contributed by atoms with E-state index < -0.39 is 0 Å². The predicted octanol–water partition coefficient (Wildman–Crippen LogP) is 5.68. The molecule has 4 nitrogen and oxygen atoms in total. The first-order valence-corrected chi connectivity index (χ1v) is 11.5. The Morgan fingerprint density at radius 1 is 0.935 bits per heavy atom. The van der Waals surface area contributed by atoms with Gasteiger partial charge in [-0.05, 0) is 67.3 Å². The van der Waals surface area contributed by atoms with Gasteiger partial charge < -0.3 is 10.2 Å². The van der Waals surface area contributed by atoms with Crippen molar-refractivity contribution in [1.29, 1.82) is 0 Å². The second-order valence-electron chi connectivity index (χ2n) is 8.36. The molecule has 3 aromatic rings. The van der Waals surface area contributed by atoms with E-state index in [4.69, 9.17) is 0 Å². The Kier molecular flexibility index (Phi) is 6.88. The maximum absolute atomic E-state index is 12.6. The third kappa shape index (κ3) is 5.45. The van der Waals surface area contributed by atoms with Crippen LogP contribution in [0.2, 0.25) is 0 Å². The molecule has 1 amide bonds. The molecule has 3 aromatic carbocycles. The van der Waals surface area contributed by atoms with Gasteiger partial charge in [-0.2, -0.15) is 0 Å². The van der Waals surface area contributed by atoms with E-state index in [0.29, 0.717) is 12.5 Å². The van der Waals surface area contributed by atoms with Gasteiger partial charge in [0.1, 0.15) is 0 Å². The maximum atomic E-state index is 12.6. The van der Waals surface area contributed by atoms with Gasteiger partial charge in [0.25, 0.3) is 0 Å². The van der Waals surface area contributed by atoms with Crippen LogP contribution < -0.4 is 10.2 Å². The molecule has 162 valence electrons. The van der Waals surface area contributed by atoms with Crippen molar-refractivity contribution < 1.29 is 4.79 Å². The van der Waals surface area contributed by atoms with Gasteiger partial charge >= 0.3 is 0 Å². The van der Waals surface area contributed by atoms with Gasteiger partial charge in [-0.25, -0.2) is 0 Å². The number of amides is 1. The molecule has 31 heavy (non-hydrogen) atoms. The number of hydrogen-bond acceptors (Lipinski definition) is 3. The van der Waals surface area contributed by atoms with E-state index in [9.17, 15) is 4.79 Å². The molecular formula is C27H33N3O. The molecule has 4 rings (SSSR count). The summed E-state index contributed by atoms with van der Waals surface area (Å²) in [7, 11) is 0. The zero-order chi connectivity index (χ0) is 21.6. The van der Waals surface area contributed by atoms with Gasteiger partial charge in [0.2, 0.25) is 5.91 Å². The Morgan fingerprint density at radius 2 is 1.65 bits per heavy atom. The lowest BCUT2D eigenvalue weighted by molar-refractivity contribution is -0.116. The van der Waals surface area contributed by atoms with E-state index in [1.807, 2.05) is 12.1 Å². The average molecular weight is 416 g/mol. The molecule has 0 atom stereocenters. The number of hydrogen-bond donors (Lipinski definition) is 1. The normalized spacial score (nSPS) is 13.5. The fourth-order valence-corrected chi connectivity index (χ4v) is 4.29. The molecule has 0 aromatic heterocycles. The SMILES string of the molecule is CCN(CC)c1ccc(NC(=O)CCN(Cc2cccc3ccccc23)C2CC2)cc1. The molecule has 1 N–H and O–H groups in total. The topological polar surface area (TPSA) is 35.6 Å². The van der Waals surface area contributed by atoms with Gasteiger partial charge in [-0.3, -0.25) is 9.69 Å². The standard InChI is InChI=1S/C27H33N3O/c1-3-29(4-2)24-14-12-23(13-15-24)28-27(31)18-19-30(25-16-17-25)20-22-10-7-9-21-8-5-6-11-26(21)22/h5-15,25H,3-4,16-20H2,1-2H3,(H,28,31). The van der Waals surface area contributed by atoms with Crippen molar-refractivity contribution in [2.24, 2.45) is 0 Å². The highest BCUT2D eigenvalue weighted by Gasteiger charge is 2.29. The summed E-state index contributed by atoms with van der Waals surface area (Å²) in [5.41, 5.74) is 3.41. The molecule has 0 bridgehead atoms. The molecule has 1 aliphatic rings. The summed E-state index contributed by atoms with van der Waals surface area (Å²) in [6.45, 7) is 7.97. The lowest BCUT2D eigenvalue weighted by Gasteiger charge is -2.23. The molecule has 0 unspecified atom stereocenters. The van der Waals surface area contributed by atoms with Crippen molar-refractivity contribution in [3.63, 3.8) is 0 Å². The van der Waals surface area contributed by atoms with Crippen molar-refractivity contribution in [3.05, 3.63) is 72.3 Å². The first-order valence-electron chi connectivity index (χ1n) is 11.5. The van der Waals surface area contributed by atoms with Crippen LogP contribution in [-0.2, 0) is 11.3 Å². The Morgan fingerprint density at radius 3 is 2.35 bits per heavy atom. The van der Waals surface area contributed by atoms with Gasteiger partial charge in [0.05, 0.1) is 0 Å². The number of nitrogens with one attached hydrogen (secondary N) is 1. The summed E-state index contributed by atoms with van der Waals surface area (Å²) < 4.78 is 0. The van der Waals surface area contributed by atoms with Crippen LogP contribution in [0, 0.1) is 0 Å². The maximum Gasteiger partial charge on any atom is 0.225 e. The quantitative estimate of drug-likeness (QED) is 0.463. The summed E-state index contributed by atoms with van der Waals surface area (Å²) in [5.74, 6) is 0.0826. The Labute approximate surface area is 185 Å². The van der Waals surface area contributed by atoms with Gasteiger partial charge in [-0.15, -0.1) is 0 Å². The third-order valence-corrected chi connectivity index (χ3v) is 6.22. The van der Waals surface area contributed by atoms with Crippen molar-refractivity contribution in [2.45, 2.75) is 45.7 Å². The minimum absolute atomic E-state index is 0.0826. The Bertz CT molecular complexity index is 1000.